The van der Waals surface area contributed by atoms with Gasteiger partial charge in [-0.3, -0.25) is 5.10 Å². The molecule has 2 rings (SSSR count). The minimum Gasteiger partial charge on any atom is -0.316 e. The molecule has 1 aromatic rings. The number of H-pyrrole nitrogens is 1. The Morgan fingerprint density at radius 1 is 1.59 bits per heavy atom. The van der Waals surface area contributed by atoms with Crippen LogP contribution in [0.5, 0.6) is 0 Å². The monoisotopic (exact) mass is 258 g/mol. The molecular formula is C10H18N4O2S. The van der Waals surface area contributed by atoms with Crippen molar-refractivity contribution in [2.45, 2.75) is 24.7 Å². The van der Waals surface area contributed by atoms with E-state index in [4.69, 9.17) is 0 Å². The summed E-state index contributed by atoms with van der Waals surface area (Å²) in [6.07, 6.45) is 3.35. The second-order valence-electron chi connectivity index (χ2n) is 4.40. The van der Waals surface area contributed by atoms with Crippen LogP contribution in [-0.2, 0) is 10.0 Å². The van der Waals surface area contributed by atoms with Crippen LogP contribution < -0.4 is 10.0 Å². The molecule has 6 nitrogen and oxygen atoms in total. The predicted octanol–water partition coefficient (Wildman–Crippen LogP) is -0.00398. The molecule has 96 valence electrons. The molecule has 1 unspecified atom stereocenters. The first-order chi connectivity index (χ1) is 8.09. The highest BCUT2D eigenvalue weighted by atomic mass is 32.2. The molecule has 0 amide bonds. The smallest absolute Gasteiger partial charge is 0.243 e. The summed E-state index contributed by atoms with van der Waals surface area (Å²) in [4.78, 5) is 0.238. The lowest BCUT2D eigenvalue weighted by molar-refractivity contribution is 0.519. The lowest BCUT2D eigenvalue weighted by Gasteiger charge is -2.09. The van der Waals surface area contributed by atoms with Crippen LogP contribution in [-0.4, -0.2) is 38.2 Å². The van der Waals surface area contributed by atoms with Gasteiger partial charge in [0, 0.05) is 6.54 Å². The summed E-state index contributed by atoms with van der Waals surface area (Å²) in [6, 6.07) is 0. The van der Waals surface area contributed by atoms with Gasteiger partial charge in [0.15, 0.2) is 0 Å². The summed E-state index contributed by atoms with van der Waals surface area (Å²) in [5.41, 5.74) is 0.569. The lowest BCUT2D eigenvalue weighted by atomic mass is 10.1. The number of sulfonamides is 1. The van der Waals surface area contributed by atoms with Crippen LogP contribution in [0, 0.1) is 12.8 Å². The Bertz CT molecular complexity index is 462. The van der Waals surface area contributed by atoms with Crippen LogP contribution in [0.4, 0.5) is 0 Å². The maximum absolute atomic E-state index is 11.9. The van der Waals surface area contributed by atoms with Crippen LogP contribution in [0.2, 0.25) is 0 Å². The van der Waals surface area contributed by atoms with Crippen molar-refractivity contribution < 1.29 is 8.42 Å². The third-order valence-corrected chi connectivity index (χ3v) is 4.66. The van der Waals surface area contributed by atoms with Gasteiger partial charge in [-0.25, -0.2) is 13.1 Å². The van der Waals surface area contributed by atoms with E-state index in [-0.39, 0.29) is 4.90 Å². The number of nitrogens with one attached hydrogen (secondary N) is 3. The predicted molar refractivity (Wildman–Crippen MR) is 64.1 cm³/mol. The van der Waals surface area contributed by atoms with Crippen molar-refractivity contribution in [1.29, 1.82) is 0 Å². The van der Waals surface area contributed by atoms with Crippen LogP contribution in [0.15, 0.2) is 11.1 Å². The van der Waals surface area contributed by atoms with E-state index in [0.717, 1.165) is 25.9 Å². The van der Waals surface area contributed by atoms with E-state index in [9.17, 15) is 8.42 Å². The van der Waals surface area contributed by atoms with Crippen molar-refractivity contribution in [2.75, 3.05) is 19.6 Å². The fraction of sp³-hybridized carbons (Fsp3) is 0.700. The Morgan fingerprint density at radius 2 is 2.41 bits per heavy atom. The zero-order valence-corrected chi connectivity index (χ0v) is 10.7. The quantitative estimate of drug-likeness (QED) is 0.693. The van der Waals surface area contributed by atoms with Gasteiger partial charge in [-0.05, 0) is 38.8 Å². The number of hydrogen-bond acceptors (Lipinski definition) is 4. The zero-order chi connectivity index (χ0) is 12.3. The minimum absolute atomic E-state index is 0.238. The summed E-state index contributed by atoms with van der Waals surface area (Å²) < 4.78 is 26.4. The number of hydrogen-bond donors (Lipinski definition) is 3. The first-order valence-electron chi connectivity index (χ1n) is 5.80. The van der Waals surface area contributed by atoms with Crippen molar-refractivity contribution in [1.82, 2.24) is 20.2 Å². The van der Waals surface area contributed by atoms with Gasteiger partial charge in [0.2, 0.25) is 10.0 Å². The molecule has 0 saturated carbocycles. The molecule has 2 heterocycles. The third kappa shape index (κ3) is 3.05. The molecule has 0 spiro atoms. The van der Waals surface area contributed by atoms with Crippen LogP contribution in [0.25, 0.3) is 0 Å². The van der Waals surface area contributed by atoms with Crippen molar-refractivity contribution in [3.63, 3.8) is 0 Å². The molecule has 0 bridgehead atoms. The standard InChI is InChI=1S/C10H18N4O2S/c1-8-10(7-12-14-8)17(15,16)13-5-3-9-2-4-11-6-9/h7,9,11,13H,2-6H2,1H3,(H,12,14). The van der Waals surface area contributed by atoms with E-state index in [1.54, 1.807) is 6.92 Å². The zero-order valence-electron chi connectivity index (χ0n) is 9.86. The minimum atomic E-state index is -3.40. The largest absolute Gasteiger partial charge is 0.316 e. The molecular weight excluding hydrogens is 240 g/mol. The van der Waals surface area contributed by atoms with Gasteiger partial charge in [0.1, 0.15) is 4.90 Å². The maximum Gasteiger partial charge on any atom is 0.243 e. The molecule has 1 atom stereocenters. The molecule has 1 aromatic heterocycles. The number of aryl methyl sites for hydroxylation is 1. The maximum atomic E-state index is 11.9. The Hall–Kier alpha value is -0.920. The number of rotatable bonds is 5. The normalized spacial score (nSPS) is 20.9. The fourth-order valence-corrected chi connectivity index (χ4v) is 3.23. The van der Waals surface area contributed by atoms with Gasteiger partial charge < -0.3 is 5.32 Å². The Balaban J connectivity index is 1.87. The first kappa shape index (κ1) is 12.5. The summed E-state index contributed by atoms with van der Waals surface area (Å²) in [6.45, 7) is 4.21. The van der Waals surface area contributed by atoms with Crippen LogP contribution in [0.3, 0.4) is 0 Å². The Kier molecular flexibility index (Phi) is 3.80. The van der Waals surface area contributed by atoms with E-state index in [0.29, 0.717) is 18.2 Å². The molecule has 0 aliphatic carbocycles. The molecule has 7 heteroatoms. The Labute approximate surface area is 101 Å². The van der Waals surface area contributed by atoms with E-state index in [1.807, 2.05) is 0 Å². The summed E-state index contributed by atoms with van der Waals surface area (Å²) in [7, 11) is -3.40. The average molecular weight is 258 g/mol. The third-order valence-electron chi connectivity index (χ3n) is 3.08. The second-order valence-corrected chi connectivity index (χ2v) is 6.14. The summed E-state index contributed by atoms with van der Waals surface area (Å²) in [5, 5.41) is 9.61. The van der Waals surface area contributed by atoms with Crippen molar-refractivity contribution in [3.05, 3.63) is 11.9 Å². The van der Waals surface area contributed by atoms with Gasteiger partial charge in [-0.1, -0.05) is 0 Å². The van der Waals surface area contributed by atoms with E-state index in [1.165, 1.54) is 6.20 Å². The van der Waals surface area contributed by atoms with Crippen molar-refractivity contribution in [2.24, 2.45) is 5.92 Å². The highest BCUT2D eigenvalue weighted by Gasteiger charge is 2.19. The highest BCUT2D eigenvalue weighted by molar-refractivity contribution is 7.89. The lowest BCUT2D eigenvalue weighted by Crippen LogP contribution is -2.26. The first-order valence-corrected chi connectivity index (χ1v) is 7.28. The van der Waals surface area contributed by atoms with E-state index in [2.05, 4.69) is 20.2 Å². The SMILES string of the molecule is Cc1[nH]ncc1S(=O)(=O)NCCC1CCNC1. The second kappa shape index (κ2) is 5.16. The molecule has 3 N–H and O–H groups in total. The topological polar surface area (TPSA) is 86.9 Å². The van der Waals surface area contributed by atoms with Crippen LogP contribution >= 0.6 is 0 Å². The number of aromatic amines is 1. The molecule has 1 aliphatic heterocycles. The molecule has 17 heavy (non-hydrogen) atoms. The Morgan fingerprint density at radius 3 is 3.00 bits per heavy atom. The van der Waals surface area contributed by atoms with Crippen molar-refractivity contribution in [3.8, 4) is 0 Å². The van der Waals surface area contributed by atoms with Crippen molar-refractivity contribution >= 4 is 10.0 Å². The van der Waals surface area contributed by atoms with Gasteiger partial charge in [-0.15, -0.1) is 0 Å². The molecule has 1 saturated heterocycles. The molecule has 1 fully saturated rings. The molecule has 0 radical (unpaired) electrons. The fourth-order valence-electron chi connectivity index (χ4n) is 2.05. The summed E-state index contributed by atoms with van der Waals surface area (Å²) >= 11 is 0. The number of nitrogens with zero attached hydrogens (tertiary/aromatic N) is 1. The van der Waals surface area contributed by atoms with E-state index < -0.39 is 10.0 Å². The van der Waals surface area contributed by atoms with E-state index >= 15 is 0 Å². The van der Waals surface area contributed by atoms with Gasteiger partial charge in [0.05, 0.1) is 11.9 Å². The van der Waals surface area contributed by atoms with Crippen LogP contribution in [0.1, 0.15) is 18.5 Å². The number of aromatic nitrogens is 2. The van der Waals surface area contributed by atoms with Gasteiger partial charge >= 0.3 is 0 Å². The van der Waals surface area contributed by atoms with Gasteiger partial charge in [-0.2, -0.15) is 5.10 Å². The van der Waals surface area contributed by atoms with Gasteiger partial charge in [0.25, 0.3) is 0 Å². The molecule has 1 aliphatic rings. The highest BCUT2D eigenvalue weighted by Crippen LogP contribution is 2.13. The molecule has 0 aromatic carbocycles. The average Bonchev–Trinajstić information content (AvgIpc) is 2.88. The summed E-state index contributed by atoms with van der Waals surface area (Å²) in [5.74, 6) is 0.586.